The Kier molecular flexibility index (Phi) is 11.7. The second-order valence-corrected chi connectivity index (χ2v) is 4.73. The summed E-state index contributed by atoms with van der Waals surface area (Å²) in [5.41, 5.74) is 0. The van der Waals surface area contributed by atoms with Crippen LogP contribution in [0.2, 0.25) is 0 Å². The van der Waals surface area contributed by atoms with Gasteiger partial charge in [0, 0.05) is 26.7 Å². The topological polar surface area (TPSA) is 48.9 Å². The van der Waals surface area contributed by atoms with Crippen molar-refractivity contribution in [3.8, 4) is 0 Å². The molecule has 0 saturated carbocycles. The molecule has 0 spiro atoms. The molecule has 0 fully saturated rings. The molecular formula is C14H32N4O. The summed E-state index contributed by atoms with van der Waals surface area (Å²) < 4.78 is 5.09. The summed E-state index contributed by atoms with van der Waals surface area (Å²) in [5, 5.41) is 6.63. The molecule has 0 aliphatic carbocycles. The Morgan fingerprint density at radius 2 is 1.95 bits per heavy atom. The minimum absolute atomic E-state index is 0.270. The van der Waals surface area contributed by atoms with Crippen LogP contribution in [0.5, 0.6) is 0 Å². The van der Waals surface area contributed by atoms with Crippen LogP contribution in [0.25, 0.3) is 0 Å². The second-order valence-electron chi connectivity index (χ2n) is 4.73. The third-order valence-electron chi connectivity index (χ3n) is 3.11. The van der Waals surface area contributed by atoms with E-state index < -0.39 is 0 Å². The van der Waals surface area contributed by atoms with Gasteiger partial charge in [0.25, 0.3) is 0 Å². The lowest BCUT2D eigenvalue weighted by atomic mass is 10.3. The van der Waals surface area contributed by atoms with Crippen molar-refractivity contribution < 1.29 is 4.74 Å². The molecule has 0 heterocycles. The van der Waals surface area contributed by atoms with E-state index in [2.05, 4.69) is 41.3 Å². The summed E-state index contributed by atoms with van der Waals surface area (Å²) in [4.78, 5) is 6.66. The molecule has 5 heteroatoms. The number of aliphatic imine (C=N–C) groups is 1. The Bertz CT molecular complexity index is 229. The largest absolute Gasteiger partial charge is 0.383 e. The molecule has 19 heavy (non-hydrogen) atoms. The fraction of sp³-hybridized carbons (Fsp3) is 0.929. The van der Waals surface area contributed by atoms with E-state index in [1.165, 1.54) is 13.0 Å². The Hall–Kier alpha value is -0.810. The van der Waals surface area contributed by atoms with Gasteiger partial charge in [-0.3, -0.25) is 4.99 Å². The first kappa shape index (κ1) is 18.2. The SMILES string of the molecule is CCN(CC)CCCCNC(=NC)NC(C)COC. The maximum atomic E-state index is 5.09. The van der Waals surface area contributed by atoms with Crippen molar-refractivity contribution in [3.05, 3.63) is 0 Å². The van der Waals surface area contributed by atoms with Crippen LogP contribution in [0.3, 0.4) is 0 Å². The number of guanidine groups is 1. The monoisotopic (exact) mass is 272 g/mol. The number of ether oxygens (including phenoxy) is 1. The third-order valence-corrected chi connectivity index (χ3v) is 3.11. The van der Waals surface area contributed by atoms with Crippen molar-refractivity contribution >= 4 is 5.96 Å². The van der Waals surface area contributed by atoms with Crippen LogP contribution in [0.1, 0.15) is 33.6 Å². The minimum atomic E-state index is 0.270. The van der Waals surface area contributed by atoms with Gasteiger partial charge in [0.05, 0.1) is 6.61 Å². The van der Waals surface area contributed by atoms with Crippen molar-refractivity contribution in [3.63, 3.8) is 0 Å². The fourth-order valence-electron chi connectivity index (χ4n) is 1.93. The normalized spacial score (nSPS) is 13.7. The average Bonchev–Trinajstić information content (AvgIpc) is 2.41. The van der Waals surface area contributed by atoms with E-state index in [4.69, 9.17) is 4.74 Å². The number of rotatable bonds is 10. The van der Waals surface area contributed by atoms with E-state index >= 15 is 0 Å². The van der Waals surface area contributed by atoms with Gasteiger partial charge in [-0.15, -0.1) is 0 Å². The van der Waals surface area contributed by atoms with Crippen LogP contribution in [0, 0.1) is 0 Å². The Balaban J connectivity index is 3.67. The fourth-order valence-corrected chi connectivity index (χ4v) is 1.93. The summed E-state index contributed by atoms with van der Waals surface area (Å²) in [6.07, 6.45) is 2.38. The van der Waals surface area contributed by atoms with E-state index in [-0.39, 0.29) is 6.04 Å². The predicted molar refractivity (Wildman–Crippen MR) is 82.9 cm³/mol. The van der Waals surface area contributed by atoms with Gasteiger partial charge in [0.15, 0.2) is 5.96 Å². The Morgan fingerprint density at radius 1 is 1.26 bits per heavy atom. The van der Waals surface area contributed by atoms with Gasteiger partial charge in [-0.05, 0) is 39.4 Å². The van der Waals surface area contributed by atoms with E-state index in [0.29, 0.717) is 6.61 Å². The van der Waals surface area contributed by atoms with Crippen molar-refractivity contribution in [2.45, 2.75) is 39.7 Å². The number of nitrogens with one attached hydrogen (secondary N) is 2. The summed E-state index contributed by atoms with van der Waals surface area (Å²) in [7, 11) is 3.51. The van der Waals surface area contributed by atoms with Gasteiger partial charge in [-0.25, -0.2) is 0 Å². The smallest absolute Gasteiger partial charge is 0.191 e. The molecule has 1 unspecified atom stereocenters. The molecule has 0 radical (unpaired) electrons. The second kappa shape index (κ2) is 12.2. The van der Waals surface area contributed by atoms with Gasteiger partial charge in [-0.2, -0.15) is 0 Å². The molecule has 114 valence electrons. The number of nitrogens with zero attached hydrogens (tertiary/aromatic N) is 2. The lowest BCUT2D eigenvalue weighted by Crippen LogP contribution is -2.44. The standard InChI is InChI=1S/C14H32N4O/c1-6-18(7-2)11-9-8-10-16-14(15-4)17-13(3)12-19-5/h13H,6-12H2,1-5H3,(H2,15,16,17). The third kappa shape index (κ3) is 9.73. The van der Waals surface area contributed by atoms with Crippen molar-refractivity contribution in [2.24, 2.45) is 4.99 Å². The van der Waals surface area contributed by atoms with Crippen LogP contribution in [-0.2, 0) is 4.74 Å². The quantitative estimate of drug-likeness (QED) is 0.358. The van der Waals surface area contributed by atoms with E-state index in [9.17, 15) is 0 Å². The van der Waals surface area contributed by atoms with Gasteiger partial charge in [0.2, 0.25) is 0 Å². The molecule has 0 saturated heterocycles. The van der Waals surface area contributed by atoms with Crippen LogP contribution in [-0.4, -0.2) is 63.8 Å². The zero-order valence-corrected chi connectivity index (χ0v) is 13.3. The van der Waals surface area contributed by atoms with Crippen LogP contribution in [0.4, 0.5) is 0 Å². The van der Waals surface area contributed by atoms with Crippen molar-refractivity contribution in [2.75, 3.05) is 46.9 Å². The van der Waals surface area contributed by atoms with E-state index in [0.717, 1.165) is 32.0 Å². The highest BCUT2D eigenvalue weighted by molar-refractivity contribution is 5.79. The molecule has 1 atom stereocenters. The number of hydrogen-bond acceptors (Lipinski definition) is 3. The highest BCUT2D eigenvalue weighted by atomic mass is 16.5. The zero-order valence-electron chi connectivity index (χ0n) is 13.3. The van der Waals surface area contributed by atoms with Gasteiger partial charge in [-0.1, -0.05) is 13.8 Å². The summed E-state index contributed by atoms with van der Waals surface area (Å²) in [6.45, 7) is 11.6. The molecule has 0 aliphatic heterocycles. The van der Waals surface area contributed by atoms with E-state index in [1.807, 2.05) is 0 Å². The van der Waals surface area contributed by atoms with Crippen molar-refractivity contribution in [1.29, 1.82) is 0 Å². The highest BCUT2D eigenvalue weighted by Gasteiger charge is 2.04. The maximum Gasteiger partial charge on any atom is 0.191 e. The summed E-state index contributed by atoms with van der Waals surface area (Å²) in [5.74, 6) is 0.854. The van der Waals surface area contributed by atoms with Crippen molar-refractivity contribution in [1.82, 2.24) is 15.5 Å². The highest BCUT2D eigenvalue weighted by Crippen LogP contribution is 1.94. The molecule has 0 bridgehead atoms. The first-order valence-corrected chi connectivity index (χ1v) is 7.36. The molecule has 2 N–H and O–H groups in total. The van der Waals surface area contributed by atoms with Crippen LogP contribution < -0.4 is 10.6 Å². The first-order chi connectivity index (χ1) is 9.17. The Morgan fingerprint density at radius 3 is 2.47 bits per heavy atom. The average molecular weight is 272 g/mol. The molecule has 0 rings (SSSR count). The summed E-state index contributed by atoms with van der Waals surface area (Å²) >= 11 is 0. The zero-order chi connectivity index (χ0) is 14.5. The molecular weight excluding hydrogens is 240 g/mol. The maximum absolute atomic E-state index is 5.09. The van der Waals surface area contributed by atoms with Gasteiger partial charge < -0.3 is 20.3 Å². The minimum Gasteiger partial charge on any atom is -0.383 e. The first-order valence-electron chi connectivity index (χ1n) is 7.36. The predicted octanol–water partition coefficient (Wildman–Crippen LogP) is 1.31. The van der Waals surface area contributed by atoms with Crippen LogP contribution in [0.15, 0.2) is 4.99 Å². The molecule has 5 nitrogen and oxygen atoms in total. The molecule has 0 amide bonds. The van der Waals surface area contributed by atoms with Gasteiger partial charge >= 0.3 is 0 Å². The van der Waals surface area contributed by atoms with Crippen LogP contribution >= 0.6 is 0 Å². The number of unbranched alkanes of at least 4 members (excludes halogenated alkanes) is 1. The molecule has 0 aromatic heterocycles. The number of methoxy groups -OCH3 is 1. The number of hydrogen-bond donors (Lipinski definition) is 2. The molecule has 0 aromatic rings. The lowest BCUT2D eigenvalue weighted by molar-refractivity contribution is 0.179. The van der Waals surface area contributed by atoms with Gasteiger partial charge in [0.1, 0.15) is 0 Å². The molecule has 0 aromatic carbocycles. The lowest BCUT2D eigenvalue weighted by Gasteiger charge is -2.19. The van der Waals surface area contributed by atoms with E-state index in [1.54, 1.807) is 14.2 Å². The molecule has 0 aliphatic rings. The summed E-state index contributed by atoms with van der Waals surface area (Å²) in [6, 6.07) is 0.270. The Labute approximate surface area is 118 Å².